The predicted molar refractivity (Wildman–Crippen MR) is 88.3 cm³/mol. The molecule has 0 spiro atoms. The van der Waals surface area contributed by atoms with Crippen molar-refractivity contribution in [2.45, 2.75) is 48.7 Å². The van der Waals surface area contributed by atoms with Gasteiger partial charge in [0.1, 0.15) is 0 Å². The number of nitrogens with zero attached hydrogens (tertiary/aromatic N) is 4. The lowest BCUT2D eigenvalue weighted by molar-refractivity contribution is 0.174. The van der Waals surface area contributed by atoms with Crippen molar-refractivity contribution >= 4 is 26.0 Å². The molecule has 1 aromatic carbocycles. The monoisotopic (exact) mass is 396 g/mol. The van der Waals surface area contributed by atoms with Gasteiger partial charge in [0, 0.05) is 16.6 Å². The normalized spacial score (nSPS) is 28.1. The standard InChI is InChI=1S/C15H17BrN4O2S/c16-14-3-1-2-4-15(14)23(21,22)19-11-5-6-12(19)10-13(9-11)20-17-7-8-18-20/h1-4,7-8,11-13H,5-6,9-10H2/t11-,12-/m0/s1. The molecule has 0 saturated carbocycles. The maximum absolute atomic E-state index is 13.1. The second kappa shape index (κ2) is 5.68. The number of hydrogen-bond acceptors (Lipinski definition) is 4. The topological polar surface area (TPSA) is 68.1 Å². The van der Waals surface area contributed by atoms with Crippen LogP contribution in [0, 0.1) is 0 Å². The smallest absolute Gasteiger partial charge is 0.207 e. The van der Waals surface area contributed by atoms with Crippen LogP contribution in [-0.4, -0.2) is 39.8 Å². The van der Waals surface area contributed by atoms with Gasteiger partial charge in [0.25, 0.3) is 0 Å². The van der Waals surface area contributed by atoms with E-state index in [2.05, 4.69) is 26.1 Å². The minimum absolute atomic E-state index is 0.0295. The third-order valence-corrected chi connectivity index (χ3v) is 7.81. The van der Waals surface area contributed by atoms with Crippen molar-refractivity contribution in [3.05, 3.63) is 41.1 Å². The SMILES string of the molecule is O=S(=O)(c1ccccc1Br)N1[C@H]2CC[C@H]1CC(n1nccn1)C2. The molecule has 2 aliphatic heterocycles. The first-order chi connectivity index (χ1) is 11.1. The van der Waals surface area contributed by atoms with Crippen molar-refractivity contribution in [3.63, 3.8) is 0 Å². The zero-order chi connectivity index (χ0) is 16.0. The maximum atomic E-state index is 13.1. The van der Waals surface area contributed by atoms with Crippen molar-refractivity contribution in [3.8, 4) is 0 Å². The summed E-state index contributed by atoms with van der Waals surface area (Å²) in [5.74, 6) is 0. The number of benzene rings is 1. The number of fused-ring (bicyclic) bond motifs is 2. The molecule has 2 fully saturated rings. The first kappa shape index (κ1) is 15.3. The number of rotatable bonds is 3. The molecule has 1 aromatic heterocycles. The summed E-state index contributed by atoms with van der Waals surface area (Å²) < 4.78 is 28.6. The number of sulfonamides is 1. The molecule has 23 heavy (non-hydrogen) atoms. The van der Waals surface area contributed by atoms with Crippen LogP contribution in [0.2, 0.25) is 0 Å². The first-order valence-electron chi connectivity index (χ1n) is 7.71. The highest BCUT2D eigenvalue weighted by atomic mass is 79.9. The van der Waals surface area contributed by atoms with Gasteiger partial charge in [-0.3, -0.25) is 0 Å². The second-order valence-corrected chi connectivity index (χ2v) is 8.79. The molecule has 2 aliphatic rings. The molecule has 2 aromatic rings. The molecule has 0 aliphatic carbocycles. The van der Waals surface area contributed by atoms with Crippen LogP contribution in [-0.2, 0) is 10.0 Å². The lowest BCUT2D eigenvalue weighted by atomic mass is 10.0. The van der Waals surface area contributed by atoms with Gasteiger partial charge in [-0.1, -0.05) is 12.1 Å². The van der Waals surface area contributed by atoms with Crippen LogP contribution < -0.4 is 0 Å². The van der Waals surface area contributed by atoms with E-state index in [0.29, 0.717) is 9.37 Å². The van der Waals surface area contributed by atoms with Crippen molar-refractivity contribution in [1.82, 2.24) is 19.3 Å². The Hall–Kier alpha value is -1.25. The average molecular weight is 397 g/mol. The van der Waals surface area contributed by atoms with Crippen LogP contribution in [0.3, 0.4) is 0 Å². The molecule has 122 valence electrons. The van der Waals surface area contributed by atoms with E-state index >= 15 is 0 Å². The molecular weight excluding hydrogens is 380 g/mol. The van der Waals surface area contributed by atoms with E-state index in [1.54, 1.807) is 39.7 Å². The molecule has 3 heterocycles. The largest absolute Gasteiger partial charge is 0.244 e. The van der Waals surface area contributed by atoms with Crippen LogP contribution in [0.5, 0.6) is 0 Å². The van der Waals surface area contributed by atoms with E-state index in [1.165, 1.54) is 0 Å². The summed E-state index contributed by atoms with van der Waals surface area (Å²) in [4.78, 5) is 2.08. The van der Waals surface area contributed by atoms with E-state index in [4.69, 9.17) is 0 Å². The summed E-state index contributed by atoms with van der Waals surface area (Å²) in [6.45, 7) is 0. The fourth-order valence-corrected chi connectivity index (χ4v) is 6.73. The molecule has 8 heteroatoms. The van der Waals surface area contributed by atoms with Gasteiger partial charge in [-0.25, -0.2) is 8.42 Å². The first-order valence-corrected chi connectivity index (χ1v) is 9.94. The summed E-state index contributed by atoms with van der Waals surface area (Å²) in [7, 11) is -3.48. The van der Waals surface area contributed by atoms with E-state index in [1.807, 2.05) is 6.07 Å². The lowest BCUT2D eigenvalue weighted by Crippen LogP contribution is -2.47. The molecule has 0 amide bonds. The van der Waals surface area contributed by atoms with Crippen LogP contribution in [0.15, 0.2) is 46.0 Å². The van der Waals surface area contributed by atoms with Gasteiger partial charge in [-0.15, -0.1) is 0 Å². The summed E-state index contributed by atoms with van der Waals surface area (Å²) in [6, 6.07) is 7.28. The van der Waals surface area contributed by atoms with Crippen molar-refractivity contribution in [1.29, 1.82) is 0 Å². The van der Waals surface area contributed by atoms with Crippen LogP contribution in [0.1, 0.15) is 31.7 Å². The quantitative estimate of drug-likeness (QED) is 0.799. The van der Waals surface area contributed by atoms with Crippen LogP contribution >= 0.6 is 15.9 Å². The minimum atomic E-state index is -3.48. The Morgan fingerprint density at radius 2 is 1.61 bits per heavy atom. The van der Waals surface area contributed by atoms with E-state index in [0.717, 1.165) is 25.7 Å². The van der Waals surface area contributed by atoms with Gasteiger partial charge in [0.2, 0.25) is 10.0 Å². The molecule has 0 N–H and O–H groups in total. The summed E-state index contributed by atoms with van der Waals surface area (Å²) in [5, 5.41) is 8.45. The Morgan fingerprint density at radius 3 is 2.22 bits per heavy atom. The fourth-order valence-electron chi connectivity index (χ4n) is 3.87. The van der Waals surface area contributed by atoms with Crippen molar-refractivity contribution in [2.75, 3.05) is 0 Å². The Balaban J connectivity index is 1.66. The summed E-state index contributed by atoms with van der Waals surface area (Å²) >= 11 is 3.37. The maximum Gasteiger partial charge on any atom is 0.244 e. The molecule has 2 bridgehead atoms. The van der Waals surface area contributed by atoms with Gasteiger partial charge < -0.3 is 0 Å². The van der Waals surface area contributed by atoms with Crippen molar-refractivity contribution < 1.29 is 8.42 Å². The third-order valence-electron chi connectivity index (χ3n) is 4.80. The summed E-state index contributed by atoms with van der Waals surface area (Å²) in [6.07, 6.45) is 6.71. The van der Waals surface area contributed by atoms with Crippen molar-refractivity contribution in [2.24, 2.45) is 0 Å². The van der Waals surface area contributed by atoms with E-state index < -0.39 is 10.0 Å². The van der Waals surface area contributed by atoms with Gasteiger partial charge in [0.05, 0.1) is 23.3 Å². The third kappa shape index (κ3) is 2.53. The highest BCUT2D eigenvalue weighted by Crippen LogP contribution is 2.44. The zero-order valence-electron chi connectivity index (χ0n) is 12.4. The molecule has 6 nitrogen and oxygen atoms in total. The summed E-state index contributed by atoms with van der Waals surface area (Å²) in [5.41, 5.74) is 0. The van der Waals surface area contributed by atoms with Gasteiger partial charge in [0.15, 0.2) is 0 Å². The predicted octanol–water partition coefficient (Wildman–Crippen LogP) is 2.60. The van der Waals surface area contributed by atoms with Gasteiger partial charge in [-0.2, -0.15) is 19.3 Å². The number of piperidine rings is 1. The lowest BCUT2D eigenvalue weighted by Gasteiger charge is -2.37. The Bertz CT molecular complexity index is 795. The minimum Gasteiger partial charge on any atom is -0.207 e. The Labute approximate surface area is 143 Å². The van der Waals surface area contributed by atoms with Gasteiger partial charge >= 0.3 is 0 Å². The van der Waals surface area contributed by atoms with E-state index in [9.17, 15) is 8.42 Å². The zero-order valence-corrected chi connectivity index (χ0v) is 14.8. The van der Waals surface area contributed by atoms with Gasteiger partial charge in [-0.05, 0) is 53.7 Å². The molecular formula is C15H17BrN4O2S. The molecule has 0 radical (unpaired) electrons. The highest BCUT2D eigenvalue weighted by Gasteiger charge is 2.48. The molecule has 2 atom stereocenters. The number of aromatic nitrogens is 3. The highest BCUT2D eigenvalue weighted by molar-refractivity contribution is 9.10. The fraction of sp³-hybridized carbons (Fsp3) is 0.467. The number of hydrogen-bond donors (Lipinski definition) is 0. The molecule has 2 saturated heterocycles. The van der Waals surface area contributed by atoms with E-state index in [-0.39, 0.29) is 18.1 Å². The van der Waals surface area contributed by atoms with Crippen LogP contribution in [0.25, 0.3) is 0 Å². The average Bonchev–Trinajstić information content (AvgIpc) is 3.15. The second-order valence-electron chi connectivity index (χ2n) is 6.13. The van der Waals surface area contributed by atoms with Crippen LogP contribution in [0.4, 0.5) is 0 Å². The molecule has 4 rings (SSSR count). The Morgan fingerprint density at radius 1 is 1.00 bits per heavy atom. The molecule has 0 unspecified atom stereocenters. The Kier molecular flexibility index (Phi) is 3.78. The number of halogens is 1.